The lowest BCUT2D eigenvalue weighted by molar-refractivity contribution is 0.444. The molecular weight excluding hydrogens is 172 g/mol. The molecular formula is C13H14O. The summed E-state index contributed by atoms with van der Waals surface area (Å²) in [6.45, 7) is 4.21. The summed E-state index contributed by atoms with van der Waals surface area (Å²) in [5, 5.41) is 0. The van der Waals surface area contributed by atoms with Crippen molar-refractivity contribution in [3.05, 3.63) is 53.8 Å². The van der Waals surface area contributed by atoms with Crippen molar-refractivity contribution in [3.63, 3.8) is 0 Å². The van der Waals surface area contributed by atoms with Gasteiger partial charge in [0.05, 0.1) is 0 Å². The first kappa shape index (κ1) is 9.07. The Labute approximate surface area is 84.7 Å². The Bertz CT molecular complexity index is 371. The maximum absolute atomic E-state index is 5.68. The molecule has 1 heteroatoms. The van der Waals surface area contributed by atoms with E-state index in [0.717, 1.165) is 11.5 Å². The molecule has 1 aromatic carbocycles. The van der Waals surface area contributed by atoms with Crippen LogP contribution in [0.3, 0.4) is 0 Å². The van der Waals surface area contributed by atoms with Gasteiger partial charge in [0.2, 0.25) is 0 Å². The van der Waals surface area contributed by atoms with Crippen molar-refractivity contribution in [2.75, 3.05) is 0 Å². The third-order valence-electron chi connectivity index (χ3n) is 2.25. The highest BCUT2D eigenvalue weighted by molar-refractivity contribution is 5.32. The highest BCUT2D eigenvalue weighted by Crippen LogP contribution is 2.20. The smallest absolute Gasteiger partial charge is 0.127 e. The lowest BCUT2D eigenvalue weighted by atomic mass is 10.2. The number of benzene rings is 1. The molecule has 1 nitrogen and oxygen atoms in total. The van der Waals surface area contributed by atoms with Crippen LogP contribution in [-0.4, -0.2) is 0 Å². The van der Waals surface area contributed by atoms with E-state index in [0.29, 0.717) is 5.92 Å². The molecule has 0 spiro atoms. The van der Waals surface area contributed by atoms with Crippen molar-refractivity contribution in [1.29, 1.82) is 0 Å². The number of hydrogen-bond donors (Lipinski definition) is 0. The quantitative estimate of drug-likeness (QED) is 0.687. The maximum atomic E-state index is 5.68. The number of allylic oxidation sites excluding steroid dienone is 3. The van der Waals surface area contributed by atoms with Crippen LogP contribution in [0.15, 0.2) is 48.3 Å². The van der Waals surface area contributed by atoms with Crippen molar-refractivity contribution in [1.82, 2.24) is 0 Å². The zero-order valence-corrected chi connectivity index (χ0v) is 8.53. The lowest BCUT2D eigenvalue weighted by Crippen LogP contribution is -1.90. The van der Waals surface area contributed by atoms with Gasteiger partial charge in [0.25, 0.3) is 0 Å². The van der Waals surface area contributed by atoms with E-state index in [2.05, 4.69) is 38.1 Å². The van der Waals surface area contributed by atoms with Crippen molar-refractivity contribution < 1.29 is 4.74 Å². The maximum Gasteiger partial charge on any atom is 0.127 e. The monoisotopic (exact) mass is 186 g/mol. The van der Waals surface area contributed by atoms with Gasteiger partial charge in [-0.3, -0.25) is 0 Å². The van der Waals surface area contributed by atoms with Gasteiger partial charge in [-0.05, 0) is 37.1 Å². The minimum atomic E-state index is 0.496. The molecule has 1 aliphatic carbocycles. The Morgan fingerprint density at radius 3 is 2.43 bits per heavy atom. The molecule has 0 fully saturated rings. The molecule has 0 saturated heterocycles. The predicted octanol–water partition coefficient (Wildman–Crippen LogP) is 3.46. The van der Waals surface area contributed by atoms with Crippen LogP contribution in [0, 0.1) is 12.8 Å². The summed E-state index contributed by atoms with van der Waals surface area (Å²) in [6.07, 6.45) is 6.26. The number of hydrogen-bond acceptors (Lipinski definition) is 1. The Hall–Kier alpha value is -1.50. The normalized spacial score (nSPS) is 19.6. The third-order valence-corrected chi connectivity index (χ3v) is 2.25. The molecule has 0 amide bonds. The van der Waals surface area contributed by atoms with Gasteiger partial charge in [-0.2, -0.15) is 0 Å². The topological polar surface area (TPSA) is 9.23 Å². The van der Waals surface area contributed by atoms with E-state index in [1.54, 1.807) is 0 Å². The average Bonchev–Trinajstić information content (AvgIpc) is 2.56. The van der Waals surface area contributed by atoms with Gasteiger partial charge in [-0.1, -0.05) is 30.7 Å². The van der Waals surface area contributed by atoms with Crippen LogP contribution in [0.2, 0.25) is 0 Å². The molecule has 1 unspecified atom stereocenters. The van der Waals surface area contributed by atoms with Gasteiger partial charge >= 0.3 is 0 Å². The molecule has 2 rings (SSSR count). The predicted molar refractivity (Wildman–Crippen MR) is 58.2 cm³/mol. The third kappa shape index (κ3) is 2.05. The first-order valence-electron chi connectivity index (χ1n) is 4.88. The van der Waals surface area contributed by atoms with Crippen LogP contribution in [0.25, 0.3) is 0 Å². The molecule has 0 saturated carbocycles. The van der Waals surface area contributed by atoms with Crippen LogP contribution in [-0.2, 0) is 0 Å². The SMILES string of the molecule is Cc1ccc(OC2=CC(C)C=C2)cc1. The second-order valence-electron chi connectivity index (χ2n) is 3.70. The Balaban J connectivity index is 2.08. The molecule has 0 heterocycles. The zero-order chi connectivity index (χ0) is 9.97. The van der Waals surface area contributed by atoms with Crippen LogP contribution in [0.5, 0.6) is 5.75 Å². The highest BCUT2D eigenvalue weighted by Gasteiger charge is 2.05. The molecule has 1 aliphatic rings. The van der Waals surface area contributed by atoms with E-state index in [9.17, 15) is 0 Å². The first-order valence-corrected chi connectivity index (χ1v) is 4.88. The van der Waals surface area contributed by atoms with Crippen LogP contribution in [0.4, 0.5) is 0 Å². The van der Waals surface area contributed by atoms with E-state index in [1.165, 1.54) is 5.56 Å². The standard InChI is InChI=1S/C13H14O/c1-10-3-6-12(7-4-10)14-13-8-5-11(2)9-13/h3-9,11H,1-2H3. The van der Waals surface area contributed by atoms with Gasteiger partial charge in [0.15, 0.2) is 0 Å². The molecule has 1 aromatic rings. The molecule has 0 radical (unpaired) electrons. The number of rotatable bonds is 2. The Morgan fingerprint density at radius 1 is 1.14 bits per heavy atom. The Kier molecular flexibility index (Phi) is 2.40. The molecule has 1 atom stereocenters. The van der Waals surface area contributed by atoms with Crippen LogP contribution >= 0.6 is 0 Å². The van der Waals surface area contributed by atoms with Gasteiger partial charge in [-0.25, -0.2) is 0 Å². The van der Waals surface area contributed by atoms with Crippen LogP contribution < -0.4 is 4.74 Å². The van der Waals surface area contributed by atoms with Gasteiger partial charge in [-0.15, -0.1) is 0 Å². The lowest BCUT2D eigenvalue weighted by Gasteiger charge is -2.04. The second kappa shape index (κ2) is 3.70. The van der Waals surface area contributed by atoms with Crippen molar-refractivity contribution >= 4 is 0 Å². The number of ether oxygens (including phenoxy) is 1. The molecule has 0 N–H and O–H groups in total. The highest BCUT2D eigenvalue weighted by atomic mass is 16.5. The number of aryl methyl sites for hydroxylation is 1. The summed E-state index contributed by atoms with van der Waals surface area (Å²) in [7, 11) is 0. The van der Waals surface area contributed by atoms with Crippen molar-refractivity contribution in [2.24, 2.45) is 5.92 Å². The summed E-state index contributed by atoms with van der Waals surface area (Å²) < 4.78 is 5.68. The average molecular weight is 186 g/mol. The van der Waals surface area contributed by atoms with Crippen molar-refractivity contribution in [2.45, 2.75) is 13.8 Å². The second-order valence-corrected chi connectivity index (χ2v) is 3.70. The van der Waals surface area contributed by atoms with Gasteiger partial charge in [0, 0.05) is 0 Å². The minimum absolute atomic E-state index is 0.496. The van der Waals surface area contributed by atoms with E-state index in [4.69, 9.17) is 4.74 Å². The molecule has 0 aromatic heterocycles. The summed E-state index contributed by atoms with van der Waals surface area (Å²) in [5.41, 5.74) is 1.25. The van der Waals surface area contributed by atoms with E-state index < -0.39 is 0 Å². The fourth-order valence-electron chi connectivity index (χ4n) is 1.43. The molecule has 14 heavy (non-hydrogen) atoms. The zero-order valence-electron chi connectivity index (χ0n) is 8.53. The largest absolute Gasteiger partial charge is 0.458 e. The fourth-order valence-corrected chi connectivity index (χ4v) is 1.43. The summed E-state index contributed by atoms with van der Waals surface area (Å²) in [4.78, 5) is 0. The van der Waals surface area contributed by atoms with E-state index >= 15 is 0 Å². The van der Waals surface area contributed by atoms with Gasteiger partial charge in [0.1, 0.15) is 11.5 Å². The fraction of sp³-hybridized carbons (Fsp3) is 0.231. The van der Waals surface area contributed by atoms with Gasteiger partial charge < -0.3 is 4.74 Å². The molecule has 0 aliphatic heterocycles. The summed E-state index contributed by atoms with van der Waals surface area (Å²) in [5.74, 6) is 2.34. The molecule has 0 bridgehead atoms. The summed E-state index contributed by atoms with van der Waals surface area (Å²) >= 11 is 0. The van der Waals surface area contributed by atoms with E-state index in [-0.39, 0.29) is 0 Å². The minimum Gasteiger partial charge on any atom is -0.458 e. The first-order chi connectivity index (χ1) is 6.74. The Morgan fingerprint density at radius 2 is 1.86 bits per heavy atom. The summed E-state index contributed by atoms with van der Waals surface area (Å²) in [6, 6.07) is 8.09. The van der Waals surface area contributed by atoms with Crippen LogP contribution in [0.1, 0.15) is 12.5 Å². The molecule has 72 valence electrons. The van der Waals surface area contributed by atoms with E-state index in [1.807, 2.05) is 18.2 Å². The van der Waals surface area contributed by atoms with Crippen molar-refractivity contribution in [3.8, 4) is 5.75 Å².